The van der Waals surface area contributed by atoms with E-state index in [4.69, 9.17) is 11.6 Å². The molecule has 0 radical (unpaired) electrons. The van der Waals surface area contributed by atoms with Crippen LogP contribution in [0.25, 0.3) is 11.3 Å². The minimum absolute atomic E-state index is 0.107. The Morgan fingerprint density at radius 3 is 2.60 bits per heavy atom. The zero-order valence-corrected chi connectivity index (χ0v) is 19.2. The van der Waals surface area contributed by atoms with Crippen LogP contribution < -0.4 is 10.6 Å². The zero-order chi connectivity index (χ0) is 25.2. The van der Waals surface area contributed by atoms with Crippen molar-refractivity contribution in [3.05, 3.63) is 69.4 Å². The number of nitrogens with zero attached hydrogens (tertiary/aromatic N) is 5. The third-order valence-corrected chi connectivity index (χ3v) is 6.04. The number of carbonyl (C=O) groups excluding carboxylic acids is 2. The van der Waals surface area contributed by atoms with Crippen molar-refractivity contribution in [1.29, 1.82) is 0 Å². The number of carbonyl (C=O) groups is 2. The number of hydrogen-bond acceptors (Lipinski definition) is 8. The van der Waals surface area contributed by atoms with Crippen LogP contribution in [0.3, 0.4) is 0 Å². The molecule has 4 heterocycles. The van der Waals surface area contributed by atoms with Gasteiger partial charge in [-0.25, -0.2) is 19.9 Å². The first-order valence-electron chi connectivity index (χ1n) is 9.73. The van der Waals surface area contributed by atoms with E-state index in [0.717, 1.165) is 17.5 Å². The number of anilines is 1. The number of nitrogens with one attached hydrogen (secondary N) is 3. The standard InChI is InChI=1S/C20H14ClF3N8O2S/c1-9(31-17(33)14-3-13(27-8-28-14)10-4-29-30-5-10)19-26-7-15(35-19)18(34)32-16-2-11(20(22,23)24)12(21)6-25-16/h2-9H,1H3,(H,29,30)(H,31,33)(H,25,32,34). The van der Waals surface area contributed by atoms with Crippen LogP contribution >= 0.6 is 22.9 Å². The Morgan fingerprint density at radius 2 is 1.89 bits per heavy atom. The Balaban J connectivity index is 1.42. The average Bonchev–Trinajstić information content (AvgIpc) is 3.52. The normalized spacial score (nSPS) is 12.3. The summed E-state index contributed by atoms with van der Waals surface area (Å²) in [5.41, 5.74) is 0.185. The quantitative estimate of drug-likeness (QED) is 0.346. The van der Waals surface area contributed by atoms with Crippen LogP contribution in [-0.4, -0.2) is 41.9 Å². The van der Waals surface area contributed by atoms with Crippen molar-refractivity contribution in [2.45, 2.75) is 19.1 Å². The second kappa shape index (κ2) is 9.76. The summed E-state index contributed by atoms with van der Waals surface area (Å²) in [6, 6.07) is 1.55. The van der Waals surface area contributed by atoms with Gasteiger partial charge in [-0.1, -0.05) is 11.6 Å². The second-order valence-electron chi connectivity index (χ2n) is 7.03. The monoisotopic (exact) mass is 522 g/mol. The average molecular weight is 523 g/mol. The van der Waals surface area contributed by atoms with Crippen LogP contribution in [0.4, 0.5) is 19.0 Å². The predicted octanol–water partition coefficient (Wildman–Crippen LogP) is 4.13. The molecule has 0 spiro atoms. The molecule has 0 saturated heterocycles. The van der Waals surface area contributed by atoms with Crippen molar-refractivity contribution in [1.82, 2.24) is 35.5 Å². The molecule has 3 N–H and O–H groups in total. The summed E-state index contributed by atoms with van der Waals surface area (Å²) in [4.78, 5) is 41.1. The van der Waals surface area contributed by atoms with Crippen LogP contribution in [0.5, 0.6) is 0 Å². The van der Waals surface area contributed by atoms with Crippen molar-refractivity contribution in [3.63, 3.8) is 0 Å². The highest BCUT2D eigenvalue weighted by Gasteiger charge is 2.34. The molecule has 1 atom stereocenters. The number of pyridine rings is 1. The van der Waals surface area contributed by atoms with Gasteiger partial charge in [0.2, 0.25) is 0 Å². The molecule has 0 aliphatic heterocycles. The number of amides is 2. The van der Waals surface area contributed by atoms with E-state index in [1.165, 1.54) is 18.6 Å². The van der Waals surface area contributed by atoms with Gasteiger partial charge >= 0.3 is 6.18 Å². The summed E-state index contributed by atoms with van der Waals surface area (Å²) in [7, 11) is 0. The summed E-state index contributed by atoms with van der Waals surface area (Å²) < 4.78 is 39.1. The maximum absolute atomic E-state index is 13.0. The first kappa shape index (κ1) is 24.2. The topological polar surface area (TPSA) is 138 Å². The van der Waals surface area contributed by atoms with E-state index in [1.54, 1.807) is 19.3 Å². The van der Waals surface area contributed by atoms with E-state index in [-0.39, 0.29) is 16.4 Å². The third kappa shape index (κ3) is 5.60. The second-order valence-corrected chi connectivity index (χ2v) is 8.50. The van der Waals surface area contributed by atoms with Gasteiger partial charge in [0.05, 0.1) is 34.7 Å². The molecule has 0 fully saturated rings. The number of thiazole rings is 1. The number of aromatic nitrogens is 6. The van der Waals surface area contributed by atoms with E-state index >= 15 is 0 Å². The lowest BCUT2D eigenvalue weighted by Crippen LogP contribution is -2.27. The summed E-state index contributed by atoms with van der Waals surface area (Å²) in [5.74, 6) is -1.52. The molecule has 0 aromatic carbocycles. The number of H-pyrrole nitrogens is 1. The minimum Gasteiger partial charge on any atom is -0.342 e. The molecule has 35 heavy (non-hydrogen) atoms. The molecule has 4 aromatic heterocycles. The lowest BCUT2D eigenvalue weighted by molar-refractivity contribution is -0.137. The fourth-order valence-electron chi connectivity index (χ4n) is 2.86. The lowest BCUT2D eigenvalue weighted by atomic mass is 10.2. The predicted molar refractivity (Wildman–Crippen MR) is 120 cm³/mol. The van der Waals surface area contributed by atoms with Gasteiger partial charge < -0.3 is 10.6 Å². The fraction of sp³-hybridized carbons (Fsp3) is 0.150. The van der Waals surface area contributed by atoms with E-state index in [1.807, 2.05) is 0 Å². The first-order valence-corrected chi connectivity index (χ1v) is 10.9. The largest absolute Gasteiger partial charge is 0.418 e. The van der Waals surface area contributed by atoms with Crippen LogP contribution in [0.2, 0.25) is 5.02 Å². The van der Waals surface area contributed by atoms with Gasteiger partial charge in [0.15, 0.2) is 0 Å². The number of rotatable bonds is 6. The Bertz CT molecular complexity index is 1380. The van der Waals surface area contributed by atoms with Gasteiger partial charge in [-0.3, -0.25) is 14.7 Å². The van der Waals surface area contributed by atoms with Gasteiger partial charge in [-0.2, -0.15) is 18.3 Å². The summed E-state index contributed by atoms with van der Waals surface area (Å²) in [6.07, 6.45) is 1.79. The van der Waals surface area contributed by atoms with E-state index in [2.05, 4.69) is 40.8 Å². The number of halogens is 4. The van der Waals surface area contributed by atoms with Gasteiger partial charge in [0, 0.05) is 18.0 Å². The van der Waals surface area contributed by atoms with Gasteiger partial charge in [-0.05, 0) is 19.1 Å². The number of alkyl halides is 3. The Kier molecular flexibility index (Phi) is 6.75. The van der Waals surface area contributed by atoms with Gasteiger partial charge in [0.1, 0.15) is 27.7 Å². The molecule has 0 bridgehead atoms. The third-order valence-electron chi connectivity index (χ3n) is 4.56. The molecular formula is C20H14ClF3N8O2S. The minimum atomic E-state index is -4.70. The number of hydrogen-bond donors (Lipinski definition) is 3. The smallest absolute Gasteiger partial charge is 0.342 e. The Morgan fingerprint density at radius 1 is 1.09 bits per heavy atom. The molecule has 180 valence electrons. The molecule has 4 rings (SSSR count). The van der Waals surface area contributed by atoms with Crippen molar-refractivity contribution in [3.8, 4) is 11.3 Å². The highest BCUT2D eigenvalue weighted by molar-refractivity contribution is 7.13. The molecule has 0 aliphatic carbocycles. The van der Waals surface area contributed by atoms with Crippen molar-refractivity contribution < 1.29 is 22.8 Å². The summed E-state index contributed by atoms with van der Waals surface area (Å²) in [6.45, 7) is 1.66. The number of aromatic amines is 1. The Hall–Kier alpha value is -3.91. The molecule has 1 unspecified atom stereocenters. The highest BCUT2D eigenvalue weighted by Crippen LogP contribution is 2.35. The molecular weight excluding hydrogens is 509 g/mol. The molecule has 0 aliphatic rings. The Labute approximate surface area is 204 Å². The lowest BCUT2D eigenvalue weighted by Gasteiger charge is -2.11. The van der Waals surface area contributed by atoms with E-state index in [0.29, 0.717) is 22.3 Å². The van der Waals surface area contributed by atoms with Crippen molar-refractivity contribution in [2.75, 3.05) is 5.32 Å². The maximum Gasteiger partial charge on any atom is 0.418 e. The summed E-state index contributed by atoms with van der Waals surface area (Å²) >= 11 is 6.50. The SMILES string of the molecule is CC(NC(=O)c1cc(-c2cn[nH]c2)ncn1)c1ncc(C(=O)Nc2cc(C(F)(F)F)c(Cl)cn2)s1. The molecule has 4 aromatic rings. The van der Waals surface area contributed by atoms with E-state index < -0.39 is 34.6 Å². The summed E-state index contributed by atoms with van der Waals surface area (Å²) in [5, 5.41) is 11.3. The molecule has 2 amide bonds. The van der Waals surface area contributed by atoms with Crippen LogP contribution in [0.15, 0.2) is 43.2 Å². The van der Waals surface area contributed by atoms with Crippen LogP contribution in [-0.2, 0) is 6.18 Å². The maximum atomic E-state index is 13.0. The molecule has 10 nitrogen and oxygen atoms in total. The fourth-order valence-corrected chi connectivity index (χ4v) is 3.88. The molecule has 15 heteroatoms. The van der Waals surface area contributed by atoms with Crippen molar-refractivity contribution >= 4 is 40.6 Å². The van der Waals surface area contributed by atoms with Gasteiger partial charge in [-0.15, -0.1) is 11.3 Å². The zero-order valence-electron chi connectivity index (χ0n) is 17.6. The van der Waals surface area contributed by atoms with Crippen molar-refractivity contribution in [2.24, 2.45) is 0 Å². The van der Waals surface area contributed by atoms with Crippen LogP contribution in [0.1, 0.15) is 43.7 Å². The molecule has 0 saturated carbocycles. The highest BCUT2D eigenvalue weighted by atomic mass is 35.5. The van der Waals surface area contributed by atoms with Gasteiger partial charge in [0.25, 0.3) is 11.8 Å². The van der Waals surface area contributed by atoms with Crippen LogP contribution in [0, 0.1) is 0 Å². The van der Waals surface area contributed by atoms with E-state index in [9.17, 15) is 22.8 Å². The first-order chi connectivity index (χ1) is 16.6.